The Balaban J connectivity index is 1.71. The number of nitrogens with two attached hydrogens (primary N) is 1. The van der Waals surface area contributed by atoms with Gasteiger partial charge in [0.2, 0.25) is 6.79 Å². The van der Waals surface area contributed by atoms with Crippen molar-refractivity contribution >= 4 is 27.6 Å². The van der Waals surface area contributed by atoms with Crippen LogP contribution in [0.2, 0.25) is 0 Å². The quantitative estimate of drug-likeness (QED) is 0.633. The third kappa shape index (κ3) is 3.76. The molecule has 0 spiro atoms. The van der Waals surface area contributed by atoms with Gasteiger partial charge < -0.3 is 20.5 Å². The second kappa shape index (κ2) is 6.50. The van der Waals surface area contributed by atoms with E-state index in [4.69, 9.17) is 15.2 Å². The van der Waals surface area contributed by atoms with Crippen LogP contribution in [0, 0.1) is 13.8 Å². The van der Waals surface area contributed by atoms with Crippen molar-refractivity contribution in [2.75, 3.05) is 12.1 Å². The van der Waals surface area contributed by atoms with E-state index < -0.39 is 0 Å². The maximum absolute atomic E-state index is 5.98. The highest BCUT2D eigenvalue weighted by atomic mass is 79.9. The lowest BCUT2D eigenvalue weighted by Crippen LogP contribution is -2.22. The molecule has 0 saturated heterocycles. The molecule has 120 valence electrons. The molecule has 3 N–H and O–H groups in total. The Labute approximate surface area is 143 Å². The number of anilines is 1. The summed E-state index contributed by atoms with van der Waals surface area (Å²) in [5, 5.41) is 3.12. The van der Waals surface area contributed by atoms with Crippen molar-refractivity contribution in [2.45, 2.75) is 20.4 Å². The average molecular weight is 376 g/mol. The fourth-order valence-corrected chi connectivity index (χ4v) is 3.13. The number of rotatable bonds is 3. The molecule has 2 aromatic rings. The van der Waals surface area contributed by atoms with Crippen molar-refractivity contribution in [2.24, 2.45) is 10.7 Å². The van der Waals surface area contributed by atoms with Crippen molar-refractivity contribution in [3.8, 4) is 11.5 Å². The van der Waals surface area contributed by atoms with Crippen LogP contribution in [0.4, 0.5) is 5.69 Å². The van der Waals surface area contributed by atoms with Gasteiger partial charge in [-0.2, -0.15) is 0 Å². The molecule has 1 aliphatic heterocycles. The van der Waals surface area contributed by atoms with Gasteiger partial charge in [0.05, 0.1) is 11.0 Å². The van der Waals surface area contributed by atoms with Crippen LogP contribution in [0.25, 0.3) is 0 Å². The van der Waals surface area contributed by atoms with E-state index in [2.05, 4.69) is 46.2 Å². The van der Waals surface area contributed by atoms with Crippen molar-refractivity contribution in [1.29, 1.82) is 0 Å². The van der Waals surface area contributed by atoms with Gasteiger partial charge in [-0.1, -0.05) is 6.07 Å². The molecule has 23 heavy (non-hydrogen) atoms. The molecule has 5 nitrogen and oxygen atoms in total. The van der Waals surface area contributed by atoms with Gasteiger partial charge in [-0.15, -0.1) is 0 Å². The van der Waals surface area contributed by atoms with E-state index in [1.165, 1.54) is 11.1 Å². The smallest absolute Gasteiger partial charge is 0.231 e. The first-order chi connectivity index (χ1) is 11.0. The lowest BCUT2D eigenvalue weighted by Gasteiger charge is -2.08. The minimum absolute atomic E-state index is 0.247. The molecule has 0 atom stereocenters. The predicted octanol–water partition coefficient (Wildman–Crippen LogP) is 3.72. The van der Waals surface area contributed by atoms with E-state index in [9.17, 15) is 0 Å². The minimum Gasteiger partial charge on any atom is -0.454 e. The van der Waals surface area contributed by atoms with Gasteiger partial charge in [-0.3, -0.25) is 0 Å². The van der Waals surface area contributed by atoms with Crippen LogP contribution in [0.15, 0.2) is 39.8 Å². The van der Waals surface area contributed by atoms with Gasteiger partial charge in [-0.25, -0.2) is 4.99 Å². The summed E-state index contributed by atoms with van der Waals surface area (Å²) in [5.74, 6) is 1.84. The van der Waals surface area contributed by atoms with Crippen LogP contribution in [-0.2, 0) is 6.54 Å². The summed E-state index contributed by atoms with van der Waals surface area (Å²) >= 11 is 3.47. The van der Waals surface area contributed by atoms with Crippen molar-refractivity contribution < 1.29 is 9.47 Å². The van der Waals surface area contributed by atoms with Gasteiger partial charge in [0.15, 0.2) is 17.5 Å². The molecule has 0 unspecified atom stereocenters. The number of ether oxygens (including phenoxy) is 2. The first-order valence-corrected chi connectivity index (χ1v) is 8.04. The molecule has 3 rings (SSSR count). The van der Waals surface area contributed by atoms with Crippen molar-refractivity contribution in [1.82, 2.24) is 0 Å². The summed E-state index contributed by atoms with van der Waals surface area (Å²) in [4.78, 5) is 4.38. The molecule has 0 radical (unpaired) electrons. The SMILES string of the molecule is Cc1cc(C)cc(NC(N)=NCc2cc(Br)c3c(c2)OCO3)c1. The topological polar surface area (TPSA) is 68.9 Å². The fourth-order valence-electron chi connectivity index (χ4n) is 2.52. The van der Waals surface area contributed by atoms with Gasteiger partial charge in [0.1, 0.15) is 0 Å². The lowest BCUT2D eigenvalue weighted by molar-refractivity contribution is 0.173. The molecule has 1 aliphatic rings. The van der Waals surface area contributed by atoms with Crippen molar-refractivity contribution in [3.63, 3.8) is 0 Å². The van der Waals surface area contributed by atoms with Crippen LogP contribution in [-0.4, -0.2) is 12.8 Å². The molecule has 6 heteroatoms. The maximum Gasteiger partial charge on any atom is 0.231 e. The normalized spacial score (nSPS) is 13.3. The summed E-state index contributed by atoms with van der Waals surface area (Å²) in [6.07, 6.45) is 0. The third-order valence-electron chi connectivity index (χ3n) is 3.41. The Kier molecular flexibility index (Phi) is 4.43. The zero-order valence-corrected chi connectivity index (χ0v) is 14.6. The van der Waals surface area contributed by atoms with Gasteiger partial charge in [-0.05, 0) is 70.7 Å². The first-order valence-electron chi connectivity index (χ1n) is 7.24. The molecular weight excluding hydrogens is 358 g/mol. The van der Waals surface area contributed by atoms with E-state index >= 15 is 0 Å². The van der Waals surface area contributed by atoms with Crippen LogP contribution in [0.3, 0.4) is 0 Å². The van der Waals surface area contributed by atoms with Crippen LogP contribution < -0.4 is 20.5 Å². The molecule has 0 aliphatic carbocycles. The number of nitrogens with one attached hydrogen (secondary N) is 1. The van der Waals surface area contributed by atoms with Crippen LogP contribution >= 0.6 is 15.9 Å². The van der Waals surface area contributed by atoms with E-state index in [1.54, 1.807) is 0 Å². The molecular formula is C17H18BrN3O2. The highest BCUT2D eigenvalue weighted by molar-refractivity contribution is 9.10. The number of hydrogen-bond donors (Lipinski definition) is 2. The molecule has 2 aromatic carbocycles. The molecule has 0 aromatic heterocycles. The van der Waals surface area contributed by atoms with Crippen LogP contribution in [0.5, 0.6) is 11.5 Å². The summed E-state index contributed by atoms with van der Waals surface area (Å²) in [6.45, 7) is 4.81. The maximum atomic E-state index is 5.98. The van der Waals surface area contributed by atoms with E-state index in [-0.39, 0.29) is 6.79 Å². The number of fused-ring (bicyclic) bond motifs is 1. The molecule has 0 amide bonds. The fraction of sp³-hybridized carbons (Fsp3) is 0.235. The van der Waals surface area contributed by atoms with Crippen molar-refractivity contribution in [3.05, 3.63) is 51.5 Å². The van der Waals surface area contributed by atoms with E-state index in [0.29, 0.717) is 12.5 Å². The number of halogens is 1. The third-order valence-corrected chi connectivity index (χ3v) is 4.00. The number of hydrogen-bond acceptors (Lipinski definition) is 3. The summed E-state index contributed by atoms with van der Waals surface area (Å²) in [6, 6.07) is 10.1. The summed E-state index contributed by atoms with van der Waals surface area (Å²) in [5.41, 5.74) is 10.3. The Bertz CT molecular complexity index is 754. The van der Waals surface area contributed by atoms with E-state index in [0.717, 1.165) is 27.2 Å². The number of nitrogens with zero attached hydrogens (tertiary/aromatic N) is 1. The highest BCUT2D eigenvalue weighted by Gasteiger charge is 2.17. The first kappa shape index (κ1) is 15.7. The number of aliphatic imine (C=N–C) groups is 1. The zero-order chi connectivity index (χ0) is 16.4. The standard InChI is InChI=1S/C17H18BrN3O2/c1-10-3-11(2)5-13(4-10)21-17(19)20-8-12-6-14(18)16-15(7-12)22-9-23-16/h3-7H,8-9H2,1-2H3,(H3,19,20,21). The van der Waals surface area contributed by atoms with Gasteiger partial charge >= 0.3 is 0 Å². The predicted molar refractivity (Wildman–Crippen MR) is 95.1 cm³/mol. The average Bonchev–Trinajstić information content (AvgIpc) is 2.93. The number of guanidine groups is 1. The van der Waals surface area contributed by atoms with Gasteiger partial charge in [0.25, 0.3) is 0 Å². The zero-order valence-electron chi connectivity index (χ0n) is 13.0. The Hall–Kier alpha value is -2.21. The molecule has 0 fully saturated rings. The number of benzene rings is 2. The number of aryl methyl sites for hydroxylation is 2. The second-order valence-corrected chi connectivity index (χ2v) is 6.37. The lowest BCUT2D eigenvalue weighted by atomic mass is 10.1. The Morgan fingerprint density at radius 3 is 2.65 bits per heavy atom. The monoisotopic (exact) mass is 375 g/mol. The Morgan fingerprint density at radius 2 is 1.91 bits per heavy atom. The summed E-state index contributed by atoms with van der Waals surface area (Å²) < 4.78 is 11.6. The molecule has 0 bridgehead atoms. The molecule has 1 heterocycles. The summed E-state index contributed by atoms with van der Waals surface area (Å²) in [7, 11) is 0. The van der Waals surface area contributed by atoms with Gasteiger partial charge in [0, 0.05) is 5.69 Å². The van der Waals surface area contributed by atoms with E-state index in [1.807, 2.05) is 24.3 Å². The Morgan fingerprint density at radius 1 is 1.17 bits per heavy atom. The van der Waals surface area contributed by atoms with Crippen LogP contribution in [0.1, 0.15) is 16.7 Å². The molecule has 0 saturated carbocycles. The second-order valence-electron chi connectivity index (χ2n) is 5.51. The largest absolute Gasteiger partial charge is 0.454 e. The minimum atomic E-state index is 0.247. The highest BCUT2D eigenvalue weighted by Crippen LogP contribution is 2.40.